The normalized spacial score (nSPS) is 23.1. The molecule has 3 aliphatic heterocycles. The SMILES string of the molecule is Cc1nc(-c2cccc3c2CCN2C(=O)CN=C(N4CC(C5CCC5)=NC4C)C=C32)co1. The average molecular weight is 430 g/mol. The summed E-state index contributed by atoms with van der Waals surface area (Å²) < 4.78 is 5.46. The van der Waals surface area contributed by atoms with Crippen molar-refractivity contribution in [2.24, 2.45) is 15.9 Å². The topological polar surface area (TPSA) is 74.3 Å². The lowest BCUT2D eigenvalue weighted by atomic mass is 9.82. The lowest BCUT2D eigenvalue weighted by Crippen LogP contribution is -2.37. The van der Waals surface area contributed by atoms with Crippen LogP contribution < -0.4 is 0 Å². The number of rotatable bonds is 2. The van der Waals surface area contributed by atoms with Crippen LogP contribution in [0.25, 0.3) is 17.0 Å². The molecule has 164 valence electrons. The van der Waals surface area contributed by atoms with Gasteiger partial charge in [0.2, 0.25) is 5.91 Å². The minimum Gasteiger partial charge on any atom is -0.449 e. The summed E-state index contributed by atoms with van der Waals surface area (Å²) in [5, 5.41) is 0. The maximum atomic E-state index is 13.0. The van der Waals surface area contributed by atoms with Crippen LogP contribution in [0.3, 0.4) is 0 Å². The van der Waals surface area contributed by atoms with E-state index in [4.69, 9.17) is 14.4 Å². The molecule has 2 aromatic rings. The Morgan fingerprint density at radius 1 is 1.19 bits per heavy atom. The number of amides is 1. The number of oxazole rings is 1. The Morgan fingerprint density at radius 3 is 2.78 bits per heavy atom. The van der Waals surface area contributed by atoms with Crippen LogP contribution in [0.1, 0.15) is 43.2 Å². The second kappa shape index (κ2) is 7.43. The first-order valence-electron chi connectivity index (χ1n) is 11.5. The molecule has 7 heteroatoms. The summed E-state index contributed by atoms with van der Waals surface area (Å²) in [6.45, 7) is 5.61. The minimum atomic E-state index is 0.0477. The lowest BCUT2D eigenvalue weighted by Gasteiger charge is -2.32. The summed E-state index contributed by atoms with van der Waals surface area (Å²) in [6.07, 6.45) is 8.43. The van der Waals surface area contributed by atoms with E-state index < -0.39 is 0 Å². The predicted octanol–water partition coefficient (Wildman–Crippen LogP) is 3.69. The van der Waals surface area contributed by atoms with Gasteiger partial charge in [0.15, 0.2) is 5.89 Å². The van der Waals surface area contributed by atoms with Crippen LogP contribution in [0.2, 0.25) is 0 Å². The molecular weight excluding hydrogens is 402 g/mol. The van der Waals surface area contributed by atoms with E-state index in [1.807, 2.05) is 17.9 Å². The van der Waals surface area contributed by atoms with Crippen LogP contribution >= 0.6 is 0 Å². The van der Waals surface area contributed by atoms with Crippen LogP contribution in [0, 0.1) is 12.8 Å². The molecule has 6 rings (SSSR count). The summed E-state index contributed by atoms with van der Waals surface area (Å²) in [5.74, 6) is 2.19. The molecule has 1 aliphatic carbocycles. The van der Waals surface area contributed by atoms with Crippen molar-refractivity contribution in [1.82, 2.24) is 14.8 Å². The molecule has 0 N–H and O–H groups in total. The number of benzene rings is 1. The van der Waals surface area contributed by atoms with E-state index in [-0.39, 0.29) is 18.6 Å². The number of carbonyl (C=O) groups is 1. The van der Waals surface area contributed by atoms with Crippen molar-refractivity contribution in [3.8, 4) is 11.3 Å². The fourth-order valence-corrected chi connectivity index (χ4v) is 5.21. The first-order valence-corrected chi connectivity index (χ1v) is 11.5. The van der Waals surface area contributed by atoms with Crippen LogP contribution in [-0.4, -0.2) is 58.0 Å². The highest BCUT2D eigenvalue weighted by atomic mass is 16.3. The number of amidine groups is 1. The second-order valence-corrected chi connectivity index (χ2v) is 9.09. The zero-order valence-electron chi connectivity index (χ0n) is 18.5. The van der Waals surface area contributed by atoms with Gasteiger partial charge >= 0.3 is 0 Å². The summed E-state index contributed by atoms with van der Waals surface area (Å²) >= 11 is 0. The largest absolute Gasteiger partial charge is 0.449 e. The number of fused-ring (bicyclic) bond motifs is 3. The summed E-state index contributed by atoms with van der Waals surface area (Å²) in [5.41, 5.74) is 6.42. The third kappa shape index (κ3) is 3.10. The molecule has 1 aromatic carbocycles. The predicted molar refractivity (Wildman–Crippen MR) is 123 cm³/mol. The van der Waals surface area contributed by atoms with E-state index in [9.17, 15) is 4.79 Å². The molecule has 1 amide bonds. The number of carbonyl (C=O) groups excluding carboxylic acids is 1. The molecule has 32 heavy (non-hydrogen) atoms. The molecule has 1 saturated carbocycles. The van der Waals surface area contributed by atoms with Crippen LogP contribution in [-0.2, 0) is 11.2 Å². The third-order valence-corrected chi connectivity index (χ3v) is 7.17. The molecule has 4 aliphatic rings. The molecule has 0 bridgehead atoms. The van der Waals surface area contributed by atoms with Crippen LogP contribution in [0.15, 0.2) is 44.9 Å². The van der Waals surface area contributed by atoms with E-state index in [1.54, 1.807) is 6.26 Å². The molecule has 1 aromatic heterocycles. The molecule has 0 radical (unpaired) electrons. The van der Waals surface area contributed by atoms with Crippen molar-refractivity contribution in [2.45, 2.75) is 45.7 Å². The van der Waals surface area contributed by atoms with Gasteiger partial charge in [-0.05, 0) is 37.7 Å². The Labute approximate surface area is 187 Å². The number of hydrogen-bond acceptors (Lipinski definition) is 6. The van der Waals surface area contributed by atoms with Crippen molar-refractivity contribution in [2.75, 3.05) is 19.6 Å². The van der Waals surface area contributed by atoms with Gasteiger partial charge < -0.3 is 14.2 Å². The number of aryl methyl sites for hydroxylation is 1. The van der Waals surface area contributed by atoms with Gasteiger partial charge in [0.1, 0.15) is 30.5 Å². The summed E-state index contributed by atoms with van der Waals surface area (Å²) in [6, 6.07) is 6.22. The standard InChI is InChI=1S/C25H27N5O2/c1-15-27-21(17-5-3-6-17)13-30(15)24-11-23-20-8-4-7-19(22-14-32-16(2)28-22)18(20)9-10-29(23)25(31)12-26-24/h4,7-8,11,14-15,17H,3,5-6,9-10,12-13H2,1-2H3. The Morgan fingerprint density at radius 2 is 2.03 bits per heavy atom. The van der Waals surface area contributed by atoms with Crippen molar-refractivity contribution < 1.29 is 9.21 Å². The van der Waals surface area contributed by atoms with Crippen molar-refractivity contribution in [3.05, 3.63) is 47.6 Å². The first-order chi connectivity index (χ1) is 15.6. The van der Waals surface area contributed by atoms with Gasteiger partial charge in [-0.2, -0.15) is 0 Å². The zero-order chi connectivity index (χ0) is 21.8. The van der Waals surface area contributed by atoms with Crippen LogP contribution in [0.5, 0.6) is 0 Å². The molecule has 0 saturated heterocycles. The third-order valence-electron chi connectivity index (χ3n) is 7.17. The smallest absolute Gasteiger partial charge is 0.248 e. The maximum absolute atomic E-state index is 13.0. The quantitative estimate of drug-likeness (QED) is 0.730. The molecular formula is C25H27N5O2. The highest BCUT2D eigenvalue weighted by Crippen LogP contribution is 2.37. The molecule has 1 atom stereocenters. The Hall–Kier alpha value is -3.22. The second-order valence-electron chi connectivity index (χ2n) is 9.09. The summed E-state index contributed by atoms with van der Waals surface area (Å²) in [7, 11) is 0. The Bertz CT molecular complexity index is 1190. The Kier molecular flexibility index (Phi) is 4.52. The molecule has 4 heterocycles. The Balaban J connectivity index is 1.39. The van der Waals surface area contributed by atoms with E-state index in [0.717, 1.165) is 41.3 Å². The van der Waals surface area contributed by atoms with Gasteiger partial charge in [-0.1, -0.05) is 24.6 Å². The number of aliphatic imine (C=N–C) groups is 2. The van der Waals surface area contributed by atoms with Gasteiger partial charge in [-0.25, -0.2) is 4.98 Å². The summed E-state index contributed by atoms with van der Waals surface area (Å²) in [4.78, 5) is 31.3. The van der Waals surface area contributed by atoms with Gasteiger partial charge in [-0.15, -0.1) is 0 Å². The van der Waals surface area contributed by atoms with Gasteiger partial charge in [0.25, 0.3) is 0 Å². The van der Waals surface area contributed by atoms with E-state index in [2.05, 4.69) is 35.0 Å². The number of nitrogens with zero attached hydrogens (tertiary/aromatic N) is 5. The monoisotopic (exact) mass is 429 g/mol. The maximum Gasteiger partial charge on any atom is 0.248 e. The van der Waals surface area contributed by atoms with Crippen molar-refractivity contribution in [3.63, 3.8) is 0 Å². The fraction of sp³-hybridized carbons (Fsp3) is 0.440. The van der Waals surface area contributed by atoms with E-state index in [1.165, 1.54) is 30.5 Å². The molecule has 0 spiro atoms. The molecule has 1 unspecified atom stereocenters. The fourth-order valence-electron chi connectivity index (χ4n) is 5.21. The minimum absolute atomic E-state index is 0.0477. The van der Waals surface area contributed by atoms with Crippen molar-refractivity contribution in [1.29, 1.82) is 0 Å². The molecule has 1 fully saturated rings. The molecule has 7 nitrogen and oxygen atoms in total. The van der Waals surface area contributed by atoms with Gasteiger partial charge in [0.05, 0.1) is 12.2 Å². The first kappa shape index (κ1) is 19.5. The number of aromatic nitrogens is 1. The van der Waals surface area contributed by atoms with Crippen molar-refractivity contribution >= 4 is 23.2 Å². The zero-order valence-corrected chi connectivity index (χ0v) is 18.5. The van der Waals surface area contributed by atoms with Gasteiger partial charge in [0, 0.05) is 36.4 Å². The van der Waals surface area contributed by atoms with E-state index in [0.29, 0.717) is 18.4 Å². The highest BCUT2D eigenvalue weighted by Gasteiger charge is 2.35. The average Bonchev–Trinajstić information content (AvgIpc) is 3.29. The van der Waals surface area contributed by atoms with Crippen LogP contribution in [0.4, 0.5) is 0 Å². The number of hydrogen-bond donors (Lipinski definition) is 0. The highest BCUT2D eigenvalue weighted by molar-refractivity contribution is 6.08. The van der Waals surface area contributed by atoms with E-state index >= 15 is 0 Å². The lowest BCUT2D eigenvalue weighted by molar-refractivity contribution is -0.126. The van der Waals surface area contributed by atoms with Gasteiger partial charge in [-0.3, -0.25) is 14.8 Å².